The third kappa shape index (κ3) is 9.74. The van der Waals surface area contributed by atoms with Crippen LogP contribution in [-0.2, 0) is 0 Å². The average molecular weight is 153 g/mol. The summed E-state index contributed by atoms with van der Waals surface area (Å²) >= 11 is 0. The summed E-state index contributed by atoms with van der Waals surface area (Å²) in [6.07, 6.45) is 13.5. The van der Waals surface area contributed by atoms with Gasteiger partial charge in [-0.25, -0.2) is 0 Å². The third-order valence-electron chi connectivity index (χ3n) is 1.74. The highest BCUT2D eigenvalue weighted by Gasteiger charge is 1.83. The molecule has 0 aromatic heterocycles. The van der Waals surface area contributed by atoms with E-state index in [0.29, 0.717) is 0 Å². The van der Waals surface area contributed by atoms with Gasteiger partial charge in [0.1, 0.15) is 0 Å². The van der Waals surface area contributed by atoms with Crippen LogP contribution in [0.4, 0.5) is 0 Å². The lowest BCUT2D eigenvalue weighted by atomic mass is 10.1. The SMILES string of the molecule is [CH2]CCCCC/C=C/CCC. The Morgan fingerprint density at radius 1 is 1.00 bits per heavy atom. The summed E-state index contributed by atoms with van der Waals surface area (Å²) in [5.74, 6) is 0. The topological polar surface area (TPSA) is 0 Å². The van der Waals surface area contributed by atoms with E-state index in [-0.39, 0.29) is 0 Å². The Morgan fingerprint density at radius 2 is 1.73 bits per heavy atom. The molecule has 0 saturated heterocycles. The molecule has 0 bridgehead atoms. The lowest BCUT2D eigenvalue weighted by Crippen LogP contribution is -1.73. The number of hydrogen-bond donors (Lipinski definition) is 0. The number of rotatable bonds is 7. The standard InChI is InChI=1S/C11H21/c1-3-5-7-9-11-10-8-6-4-2/h8,10H,1,3-7,9,11H2,2H3/b10-8+. The van der Waals surface area contributed by atoms with Gasteiger partial charge < -0.3 is 0 Å². The predicted octanol–water partition coefficient (Wildman–Crippen LogP) is 4.13. The molecule has 1 radical (unpaired) electrons. The first-order valence-corrected chi connectivity index (χ1v) is 4.86. The average Bonchev–Trinajstić information content (AvgIpc) is 2.03. The molecule has 0 saturated carbocycles. The third-order valence-corrected chi connectivity index (χ3v) is 1.74. The van der Waals surface area contributed by atoms with Crippen LogP contribution in [0, 0.1) is 6.92 Å². The van der Waals surface area contributed by atoms with Gasteiger partial charge in [0.2, 0.25) is 0 Å². The van der Waals surface area contributed by atoms with E-state index in [1.165, 1.54) is 38.5 Å². The van der Waals surface area contributed by atoms with E-state index in [9.17, 15) is 0 Å². The van der Waals surface area contributed by atoms with Gasteiger partial charge in [-0.15, -0.1) is 0 Å². The van der Waals surface area contributed by atoms with Crippen molar-refractivity contribution in [2.45, 2.75) is 51.9 Å². The van der Waals surface area contributed by atoms with E-state index in [1.54, 1.807) is 0 Å². The van der Waals surface area contributed by atoms with Crippen molar-refractivity contribution in [3.63, 3.8) is 0 Å². The highest BCUT2D eigenvalue weighted by Crippen LogP contribution is 2.03. The quantitative estimate of drug-likeness (QED) is 0.381. The Morgan fingerprint density at radius 3 is 2.36 bits per heavy atom. The summed E-state index contributed by atoms with van der Waals surface area (Å²) in [5, 5.41) is 0. The Bertz CT molecular complexity index is 82.0. The zero-order valence-corrected chi connectivity index (χ0v) is 7.81. The van der Waals surface area contributed by atoms with Crippen molar-refractivity contribution in [1.29, 1.82) is 0 Å². The van der Waals surface area contributed by atoms with Crippen molar-refractivity contribution in [1.82, 2.24) is 0 Å². The molecule has 0 heteroatoms. The van der Waals surface area contributed by atoms with Gasteiger partial charge in [0.25, 0.3) is 0 Å². The van der Waals surface area contributed by atoms with Gasteiger partial charge in [0, 0.05) is 0 Å². The second kappa shape index (κ2) is 9.74. The van der Waals surface area contributed by atoms with E-state index in [4.69, 9.17) is 0 Å². The largest absolute Gasteiger partial charge is 0.0885 e. The smallest absolute Gasteiger partial charge is 0.0351 e. The maximum Gasteiger partial charge on any atom is -0.0351 e. The van der Waals surface area contributed by atoms with Crippen LogP contribution < -0.4 is 0 Å². The zero-order chi connectivity index (χ0) is 8.36. The minimum absolute atomic E-state index is 1.10. The van der Waals surface area contributed by atoms with Crippen molar-refractivity contribution in [2.75, 3.05) is 0 Å². The van der Waals surface area contributed by atoms with Gasteiger partial charge in [-0.2, -0.15) is 0 Å². The molecule has 0 N–H and O–H groups in total. The summed E-state index contributed by atoms with van der Waals surface area (Å²) in [6.45, 7) is 6.03. The van der Waals surface area contributed by atoms with Crippen LogP contribution in [0.3, 0.4) is 0 Å². The van der Waals surface area contributed by atoms with Crippen LogP contribution in [0.15, 0.2) is 12.2 Å². The molecule has 0 aliphatic carbocycles. The molecule has 0 fully saturated rings. The Balaban J connectivity index is 2.89. The molecule has 0 heterocycles. The monoisotopic (exact) mass is 153 g/mol. The summed E-state index contributed by atoms with van der Waals surface area (Å²) in [7, 11) is 0. The highest BCUT2D eigenvalue weighted by molar-refractivity contribution is 4.80. The fraction of sp³-hybridized carbons (Fsp3) is 0.727. The lowest BCUT2D eigenvalue weighted by Gasteiger charge is -1.93. The van der Waals surface area contributed by atoms with Crippen LogP contribution in [0.5, 0.6) is 0 Å². The fourth-order valence-corrected chi connectivity index (χ4v) is 1.02. The maximum atomic E-state index is 3.81. The van der Waals surface area contributed by atoms with Crippen LogP contribution in [-0.4, -0.2) is 0 Å². The normalized spacial score (nSPS) is 11.1. The molecular formula is C11H21. The first kappa shape index (κ1) is 10.7. The Labute approximate surface area is 71.7 Å². The molecule has 0 amide bonds. The van der Waals surface area contributed by atoms with Crippen molar-refractivity contribution >= 4 is 0 Å². The van der Waals surface area contributed by atoms with Gasteiger partial charge in [-0.3, -0.25) is 0 Å². The highest BCUT2D eigenvalue weighted by atomic mass is 13.9. The van der Waals surface area contributed by atoms with Crippen LogP contribution in [0.1, 0.15) is 51.9 Å². The fourth-order valence-electron chi connectivity index (χ4n) is 1.02. The molecule has 0 aliphatic rings. The predicted molar refractivity (Wildman–Crippen MR) is 52.5 cm³/mol. The summed E-state index contributed by atoms with van der Waals surface area (Å²) in [5.41, 5.74) is 0. The van der Waals surface area contributed by atoms with Crippen molar-refractivity contribution in [3.8, 4) is 0 Å². The summed E-state index contributed by atoms with van der Waals surface area (Å²) < 4.78 is 0. The molecule has 0 unspecified atom stereocenters. The van der Waals surface area contributed by atoms with Crippen LogP contribution >= 0.6 is 0 Å². The number of allylic oxidation sites excluding steroid dienone is 2. The molecular weight excluding hydrogens is 132 g/mol. The molecule has 0 atom stereocenters. The first-order chi connectivity index (χ1) is 5.41. The van der Waals surface area contributed by atoms with E-state index in [2.05, 4.69) is 26.0 Å². The van der Waals surface area contributed by atoms with Crippen molar-refractivity contribution < 1.29 is 0 Å². The van der Waals surface area contributed by atoms with Gasteiger partial charge in [-0.1, -0.05) is 51.7 Å². The van der Waals surface area contributed by atoms with Crippen molar-refractivity contribution in [3.05, 3.63) is 19.1 Å². The van der Waals surface area contributed by atoms with Gasteiger partial charge >= 0.3 is 0 Å². The molecule has 0 aromatic carbocycles. The van der Waals surface area contributed by atoms with Gasteiger partial charge in [0.15, 0.2) is 0 Å². The van der Waals surface area contributed by atoms with E-state index >= 15 is 0 Å². The first-order valence-electron chi connectivity index (χ1n) is 4.86. The second-order valence-corrected chi connectivity index (χ2v) is 2.96. The lowest BCUT2D eigenvalue weighted by molar-refractivity contribution is 0.694. The van der Waals surface area contributed by atoms with E-state index in [0.717, 1.165) is 6.42 Å². The molecule has 65 valence electrons. The molecule has 0 aromatic rings. The van der Waals surface area contributed by atoms with E-state index < -0.39 is 0 Å². The summed E-state index contributed by atoms with van der Waals surface area (Å²) in [4.78, 5) is 0. The molecule has 0 rings (SSSR count). The molecule has 0 nitrogen and oxygen atoms in total. The number of unbranched alkanes of at least 4 members (excludes halogenated alkanes) is 5. The van der Waals surface area contributed by atoms with Gasteiger partial charge in [0.05, 0.1) is 0 Å². The van der Waals surface area contributed by atoms with Crippen LogP contribution in [0.2, 0.25) is 0 Å². The summed E-state index contributed by atoms with van der Waals surface area (Å²) in [6, 6.07) is 0. The molecule has 11 heavy (non-hydrogen) atoms. The van der Waals surface area contributed by atoms with E-state index in [1.807, 2.05) is 0 Å². The zero-order valence-electron chi connectivity index (χ0n) is 7.81. The molecule has 0 spiro atoms. The van der Waals surface area contributed by atoms with Gasteiger partial charge in [-0.05, 0) is 19.3 Å². The molecule has 0 aliphatic heterocycles. The van der Waals surface area contributed by atoms with Crippen molar-refractivity contribution in [2.24, 2.45) is 0 Å². The second-order valence-electron chi connectivity index (χ2n) is 2.96. The minimum Gasteiger partial charge on any atom is -0.0885 e. The van der Waals surface area contributed by atoms with Crippen LogP contribution in [0.25, 0.3) is 0 Å². The number of hydrogen-bond acceptors (Lipinski definition) is 0. The minimum atomic E-state index is 1.10. The maximum absolute atomic E-state index is 3.81. The Hall–Kier alpha value is -0.260. The Kier molecular flexibility index (Phi) is 9.51.